The van der Waals surface area contributed by atoms with Gasteiger partial charge < -0.3 is 20.3 Å². The number of rotatable bonds is 3. The Balaban J connectivity index is 1.64. The predicted molar refractivity (Wildman–Crippen MR) is 107 cm³/mol. The fourth-order valence-electron chi connectivity index (χ4n) is 3.96. The van der Waals surface area contributed by atoms with Crippen molar-refractivity contribution in [1.29, 1.82) is 5.26 Å². The third-order valence-electron chi connectivity index (χ3n) is 5.52. The third-order valence-corrected chi connectivity index (χ3v) is 5.52. The van der Waals surface area contributed by atoms with Gasteiger partial charge in [-0.05, 0) is 30.9 Å². The molecule has 1 aromatic carbocycles. The summed E-state index contributed by atoms with van der Waals surface area (Å²) in [6.07, 6.45) is 4.55. The van der Waals surface area contributed by atoms with E-state index in [2.05, 4.69) is 21.6 Å². The lowest BCUT2D eigenvalue weighted by Crippen LogP contribution is -2.48. The van der Waals surface area contributed by atoms with Gasteiger partial charge in [0.2, 0.25) is 0 Å². The van der Waals surface area contributed by atoms with Gasteiger partial charge in [-0.25, -0.2) is 9.79 Å². The summed E-state index contributed by atoms with van der Waals surface area (Å²) in [5.41, 5.74) is 2.02. The first-order valence-electron chi connectivity index (χ1n) is 9.98. The zero-order chi connectivity index (χ0) is 19.3. The van der Waals surface area contributed by atoms with Crippen LogP contribution in [0, 0.1) is 17.2 Å². The molecule has 2 N–H and O–H groups in total. The van der Waals surface area contributed by atoms with Crippen molar-refractivity contribution < 1.29 is 9.53 Å². The number of nitriles is 1. The van der Waals surface area contributed by atoms with Crippen LogP contribution < -0.4 is 10.6 Å². The summed E-state index contributed by atoms with van der Waals surface area (Å²) in [7, 11) is 0. The minimum atomic E-state index is -0.570. The summed E-state index contributed by atoms with van der Waals surface area (Å²) in [5.74, 6) is 0.476. The number of aliphatic imine (C=N–C) groups is 1. The molecule has 4 rings (SSSR count). The summed E-state index contributed by atoms with van der Waals surface area (Å²) < 4.78 is 5.51. The highest BCUT2D eigenvalue weighted by Gasteiger charge is 2.29. The highest BCUT2D eigenvalue weighted by atomic mass is 16.5. The van der Waals surface area contributed by atoms with Crippen LogP contribution in [0.15, 0.2) is 40.5 Å². The van der Waals surface area contributed by atoms with Gasteiger partial charge in [0.25, 0.3) is 0 Å². The van der Waals surface area contributed by atoms with Crippen molar-refractivity contribution in [2.45, 2.75) is 25.7 Å². The second kappa shape index (κ2) is 8.44. The number of benzene rings is 1. The molecule has 1 saturated carbocycles. The first kappa shape index (κ1) is 18.5. The molecular formula is C21H25N5O2. The third kappa shape index (κ3) is 3.87. The van der Waals surface area contributed by atoms with Gasteiger partial charge in [0, 0.05) is 26.2 Å². The maximum atomic E-state index is 12.7. The molecule has 2 fully saturated rings. The van der Waals surface area contributed by atoms with E-state index in [0.29, 0.717) is 24.1 Å². The molecule has 1 saturated heterocycles. The van der Waals surface area contributed by atoms with Crippen LogP contribution >= 0.6 is 0 Å². The SMILES string of the molecule is N#CC(C(=O)OCC1CCCC1)=C1Nc2ccccc2N=C1N1CCNCC1. The average Bonchev–Trinajstić information content (AvgIpc) is 3.26. The number of amidine groups is 1. The lowest BCUT2D eigenvalue weighted by atomic mass is 10.1. The molecule has 0 atom stereocenters. The lowest BCUT2D eigenvalue weighted by Gasteiger charge is -2.34. The number of piperazine rings is 1. The molecule has 0 bridgehead atoms. The number of hydrogen-bond donors (Lipinski definition) is 2. The highest BCUT2D eigenvalue weighted by molar-refractivity contribution is 6.12. The predicted octanol–water partition coefficient (Wildman–Crippen LogP) is 2.56. The molecule has 0 aromatic heterocycles. The number of carbonyl (C=O) groups is 1. The van der Waals surface area contributed by atoms with Crippen LogP contribution in [-0.4, -0.2) is 49.5 Å². The molecule has 146 valence electrons. The van der Waals surface area contributed by atoms with Crippen molar-refractivity contribution in [2.75, 3.05) is 38.1 Å². The van der Waals surface area contributed by atoms with E-state index in [-0.39, 0.29) is 5.57 Å². The molecule has 0 spiro atoms. The average molecular weight is 379 g/mol. The summed E-state index contributed by atoms with van der Waals surface area (Å²) >= 11 is 0. The van der Waals surface area contributed by atoms with Crippen molar-refractivity contribution >= 4 is 23.2 Å². The van der Waals surface area contributed by atoms with Crippen LogP contribution in [0.25, 0.3) is 0 Å². The van der Waals surface area contributed by atoms with Gasteiger partial charge in [0.1, 0.15) is 11.8 Å². The molecule has 0 unspecified atom stereocenters. The van der Waals surface area contributed by atoms with Gasteiger partial charge in [-0.1, -0.05) is 25.0 Å². The van der Waals surface area contributed by atoms with Crippen LogP contribution in [0.1, 0.15) is 25.7 Å². The number of anilines is 1. The topological polar surface area (TPSA) is 89.8 Å². The molecule has 2 heterocycles. The monoisotopic (exact) mass is 379 g/mol. The smallest absolute Gasteiger partial charge is 0.351 e. The van der Waals surface area contributed by atoms with E-state index in [1.807, 2.05) is 24.3 Å². The van der Waals surface area contributed by atoms with Crippen LogP contribution in [0.5, 0.6) is 0 Å². The number of carbonyl (C=O) groups excluding carboxylic acids is 1. The molecule has 7 nitrogen and oxygen atoms in total. The molecule has 1 aromatic rings. The molecule has 0 radical (unpaired) electrons. The Hall–Kier alpha value is -2.85. The van der Waals surface area contributed by atoms with Crippen LogP contribution in [0.2, 0.25) is 0 Å². The van der Waals surface area contributed by atoms with Gasteiger partial charge in [0.05, 0.1) is 18.0 Å². The first-order valence-corrected chi connectivity index (χ1v) is 9.98. The maximum absolute atomic E-state index is 12.7. The van der Waals surface area contributed by atoms with Crippen molar-refractivity contribution in [3.63, 3.8) is 0 Å². The van der Waals surface area contributed by atoms with Gasteiger partial charge in [-0.15, -0.1) is 0 Å². The normalized spacial score (nSPS) is 21.2. The Morgan fingerprint density at radius 1 is 1.25 bits per heavy atom. The summed E-state index contributed by atoms with van der Waals surface area (Å²) in [5, 5.41) is 16.4. The largest absolute Gasteiger partial charge is 0.461 e. The zero-order valence-electron chi connectivity index (χ0n) is 15.9. The second-order valence-corrected chi connectivity index (χ2v) is 7.43. The van der Waals surface area contributed by atoms with Crippen molar-refractivity contribution in [2.24, 2.45) is 10.9 Å². The number of para-hydroxylation sites is 2. The van der Waals surface area contributed by atoms with Crippen LogP contribution in [0.3, 0.4) is 0 Å². The Kier molecular flexibility index (Phi) is 5.58. The van der Waals surface area contributed by atoms with Crippen LogP contribution in [-0.2, 0) is 9.53 Å². The van der Waals surface area contributed by atoms with Crippen LogP contribution in [0.4, 0.5) is 11.4 Å². The van der Waals surface area contributed by atoms with E-state index in [4.69, 9.17) is 9.73 Å². The second-order valence-electron chi connectivity index (χ2n) is 7.43. The van der Waals surface area contributed by atoms with E-state index in [1.165, 1.54) is 12.8 Å². The molecule has 7 heteroatoms. The molecule has 1 aliphatic carbocycles. The number of nitrogens with one attached hydrogen (secondary N) is 2. The Morgan fingerprint density at radius 3 is 2.75 bits per heavy atom. The fourth-order valence-corrected chi connectivity index (χ4v) is 3.96. The Labute approximate surface area is 165 Å². The molecule has 2 aliphatic heterocycles. The number of ether oxygens (including phenoxy) is 1. The minimum absolute atomic E-state index is 0.00946. The highest BCUT2D eigenvalue weighted by Crippen LogP contribution is 2.33. The number of esters is 1. The van der Waals surface area contributed by atoms with Crippen molar-refractivity contribution in [3.05, 3.63) is 35.5 Å². The number of nitrogens with zero attached hydrogens (tertiary/aromatic N) is 3. The maximum Gasteiger partial charge on any atom is 0.351 e. The number of hydrogen-bond acceptors (Lipinski definition) is 7. The summed E-state index contributed by atoms with van der Waals surface area (Å²) in [6, 6.07) is 9.71. The van der Waals surface area contributed by atoms with Crippen molar-refractivity contribution in [3.8, 4) is 6.07 Å². The molecule has 28 heavy (non-hydrogen) atoms. The number of fused-ring (bicyclic) bond motifs is 1. The molecule has 0 amide bonds. The van der Waals surface area contributed by atoms with Gasteiger partial charge >= 0.3 is 5.97 Å². The Bertz CT molecular complexity index is 843. The summed E-state index contributed by atoms with van der Waals surface area (Å²) in [4.78, 5) is 19.6. The van der Waals surface area contributed by atoms with E-state index < -0.39 is 5.97 Å². The Morgan fingerprint density at radius 2 is 2.00 bits per heavy atom. The van der Waals surface area contributed by atoms with E-state index in [0.717, 1.165) is 50.4 Å². The molecule has 3 aliphatic rings. The van der Waals surface area contributed by atoms with E-state index >= 15 is 0 Å². The standard InChI is InChI=1S/C21H25N5O2/c22-13-16(21(27)28-14-15-5-1-2-6-15)19-20(26-11-9-23-10-12-26)25-18-8-4-3-7-17(18)24-19/h3-4,7-8,15,23-24H,1-2,5-6,9-12,14H2. The van der Waals surface area contributed by atoms with E-state index in [1.54, 1.807) is 0 Å². The van der Waals surface area contributed by atoms with E-state index in [9.17, 15) is 10.1 Å². The zero-order valence-corrected chi connectivity index (χ0v) is 15.9. The lowest BCUT2D eigenvalue weighted by molar-refractivity contribution is -0.139. The molecular weight excluding hydrogens is 354 g/mol. The first-order chi connectivity index (χ1) is 13.8. The quantitative estimate of drug-likeness (QED) is 0.477. The van der Waals surface area contributed by atoms with Gasteiger partial charge in [-0.3, -0.25) is 0 Å². The summed E-state index contributed by atoms with van der Waals surface area (Å²) in [6.45, 7) is 3.59. The van der Waals surface area contributed by atoms with Crippen molar-refractivity contribution in [1.82, 2.24) is 10.2 Å². The minimum Gasteiger partial charge on any atom is -0.461 e. The fraction of sp³-hybridized carbons (Fsp3) is 0.476. The van der Waals surface area contributed by atoms with Gasteiger partial charge in [-0.2, -0.15) is 5.26 Å². The van der Waals surface area contributed by atoms with Gasteiger partial charge in [0.15, 0.2) is 11.4 Å².